The zero-order chi connectivity index (χ0) is 18.0. The smallest absolute Gasteiger partial charge is 0.193 e. The van der Waals surface area contributed by atoms with Crippen molar-refractivity contribution in [2.45, 2.75) is 32.3 Å². The monoisotopic (exact) mass is 359 g/mol. The second-order valence-electron chi connectivity index (χ2n) is 7.45. The Bertz CT molecular complexity index is 545. The number of nitrogens with zero attached hydrogens (tertiary/aromatic N) is 2. The van der Waals surface area contributed by atoms with Crippen LogP contribution in [-0.2, 0) is 16.1 Å². The van der Waals surface area contributed by atoms with Crippen LogP contribution in [0.25, 0.3) is 0 Å². The van der Waals surface area contributed by atoms with Gasteiger partial charge in [0.25, 0.3) is 0 Å². The number of benzene rings is 1. The van der Waals surface area contributed by atoms with Crippen LogP contribution < -0.4 is 5.32 Å². The van der Waals surface area contributed by atoms with E-state index in [9.17, 15) is 0 Å². The molecule has 0 spiro atoms. The molecule has 1 atom stereocenters. The predicted octanol–water partition coefficient (Wildman–Crippen LogP) is 2.92. The van der Waals surface area contributed by atoms with Crippen molar-refractivity contribution in [1.29, 1.82) is 0 Å². The summed E-state index contributed by atoms with van der Waals surface area (Å²) in [6, 6.07) is 10.4. The molecule has 1 aliphatic carbocycles. The minimum Gasteiger partial charge on any atom is -0.381 e. The van der Waals surface area contributed by atoms with Crippen LogP contribution in [0.3, 0.4) is 0 Å². The van der Waals surface area contributed by atoms with E-state index < -0.39 is 0 Å². The SMILES string of the molecule is CN=C(NCCCOCC1CC1)N1CCC(COCc2ccccc2)C1. The summed E-state index contributed by atoms with van der Waals surface area (Å²) < 4.78 is 11.6. The fraction of sp³-hybridized carbons (Fsp3) is 0.667. The van der Waals surface area contributed by atoms with Gasteiger partial charge in [0.05, 0.1) is 13.2 Å². The highest BCUT2D eigenvalue weighted by atomic mass is 16.5. The lowest BCUT2D eigenvalue weighted by Gasteiger charge is -2.21. The van der Waals surface area contributed by atoms with Gasteiger partial charge in [0.15, 0.2) is 5.96 Å². The number of aliphatic imine (C=N–C) groups is 1. The van der Waals surface area contributed by atoms with Gasteiger partial charge < -0.3 is 19.7 Å². The minimum absolute atomic E-state index is 0.583. The molecular formula is C21H33N3O2. The van der Waals surface area contributed by atoms with Crippen molar-refractivity contribution in [3.05, 3.63) is 35.9 Å². The Balaban J connectivity index is 1.27. The molecule has 1 saturated carbocycles. The van der Waals surface area contributed by atoms with Crippen molar-refractivity contribution < 1.29 is 9.47 Å². The lowest BCUT2D eigenvalue weighted by Crippen LogP contribution is -2.40. The number of nitrogens with one attached hydrogen (secondary N) is 1. The van der Waals surface area contributed by atoms with Crippen LogP contribution >= 0.6 is 0 Å². The van der Waals surface area contributed by atoms with Crippen molar-refractivity contribution in [2.24, 2.45) is 16.8 Å². The van der Waals surface area contributed by atoms with Crippen LogP contribution in [-0.4, -0.2) is 57.4 Å². The third kappa shape index (κ3) is 6.61. The molecule has 1 aromatic rings. The molecule has 1 N–H and O–H groups in total. The maximum Gasteiger partial charge on any atom is 0.193 e. The summed E-state index contributed by atoms with van der Waals surface area (Å²) in [6.07, 6.45) is 4.91. The van der Waals surface area contributed by atoms with Crippen LogP contribution in [0.1, 0.15) is 31.2 Å². The fourth-order valence-electron chi connectivity index (χ4n) is 3.32. The maximum absolute atomic E-state index is 5.91. The number of guanidine groups is 1. The first-order chi connectivity index (χ1) is 12.8. The summed E-state index contributed by atoms with van der Waals surface area (Å²) in [7, 11) is 1.87. The highest BCUT2D eigenvalue weighted by Crippen LogP contribution is 2.28. The Kier molecular flexibility index (Phi) is 7.77. The van der Waals surface area contributed by atoms with Gasteiger partial charge in [0.1, 0.15) is 0 Å². The van der Waals surface area contributed by atoms with E-state index in [-0.39, 0.29) is 0 Å². The second-order valence-corrected chi connectivity index (χ2v) is 7.45. The number of hydrogen-bond acceptors (Lipinski definition) is 3. The first-order valence-corrected chi connectivity index (χ1v) is 10.00. The Morgan fingerprint density at radius 1 is 1.12 bits per heavy atom. The van der Waals surface area contributed by atoms with E-state index in [1.165, 1.54) is 24.8 Å². The molecule has 0 bridgehead atoms. The molecule has 1 heterocycles. The molecule has 1 aliphatic heterocycles. The quantitative estimate of drug-likeness (QED) is 0.396. The maximum atomic E-state index is 5.91. The van der Waals surface area contributed by atoms with Crippen molar-refractivity contribution in [2.75, 3.05) is 46.5 Å². The summed E-state index contributed by atoms with van der Waals surface area (Å²) >= 11 is 0. The number of rotatable bonds is 10. The molecule has 1 aromatic carbocycles. The van der Waals surface area contributed by atoms with E-state index in [0.717, 1.165) is 57.8 Å². The molecule has 26 heavy (non-hydrogen) atoms. The lowest BCUT2D eigenvalue weighted by molar-refractivity contribution is 0.0906. The van der Waals surface area contributed by atoms with Crippen LogP contribution in [0, 0.1) is 11.8 Å². The summed E-state index contributed by atoms with van der Waals surface area (Å²) in [4.78, 5) is 6.79. The van der Waals surface area contributed by atoms with Crippen molar-refractivity contribution in [3.63, 3.8) is 0 Å². The van der Waals surface area contributed by atoms with Gasteiger partial charge >= 0.3 is 0 Å². The summed E-state index contributed by atoms with van der Waals surface area (Å²) in [5, 5.41) is 3.47. The van der Waals surface area contributed by atoms with Crippen LogP contribution in [0.4, 0.5) is 0 Å². The average molecular weight is 360 g/mol. The first kappa shape index (κ1) is 19.2. The van der Waals surface area contributed by atoms with Gasteiger partial charge in [-0.1, -0.05) is 30.3 Å². The Morgan fingerprint density at radius 2 is 1.92 bits per heavy atom. The lowest BCUT2D eigenvalue weighted by atomic mass is 10.1. The van der Waals surface area contributed by atoms with Gasteiger partial charge in [-0.25, -0.2) is 0 Å². The fourth-order valence-corrected chi connectivity index (χ4v) is 3.32. The molecular weight excluding hydrogens is 326 g/mol. The van der Waals surface area contributed by atoms with E-state index in [2.05, 4.69) is 39.5 Å². The predicted molar refractivity (Wildman–Crippen MR) is 105 cm³/mol. The van der Waals surface area contributed by atoms with Gasteiger partial charge in [-0.05, 0) is 37.2 Å². The zero-order valence-electron chi connectivity index (χ0n) is 16.0. The van der Waals surface area contributed by atoms with Crippen LogP contribution in [0.5, 0.6) is 0 Å². The van der Waals surface area contributed by atoms with E-state index >= 15 is 0 Å². The number of likely N-dealkylation sites (tertiary alicyclic amines) is 1. The zero-order valence-corrected chi connectivity index (χ0v) is 16.0. The van der Waals surface area contributed by atoms with E-state index in [1.807, 2.05) is 13.1 Å². The third-order valence-electron chi connectivity index (χ3n) is 5.06. The molecule has 5 heteroatoms. The van der Waals surface area contributed by atoms with E-state index in [4.69, 9.17) is 9.47 Å². The van der Waals surface area contributed by atoms with Gasteiger partial charge in [-0.2, -0.15) is 0 Å². The number of hydrogen-bond donors (Lipinski definition) is 1. The second kappa shape index (κ2) is 10.5. The van der Waals surface area contributed by atoms with Crippen molar-refractivity contribution >= 4 is 5.96 Å². The number of ether oxygens (including phenoxy) is 2. The van der Waals surface area contributed by atoms with Crippen molar-refractivity contribution in [1.82, 2.24) is 10.2 Å². The molecule has 0 aromatic heterocycles. The highest BCUT2D eigenvalue weighted by Gasteiger charge is 2.25. The summed E-state index contributed by atoms with van der Waals surface area (Å²) in [6.45, 7) is 6.30. The standard InChI is InChI=1S/C21H33N3O2/c1-22-21(23-11-5-13-25-15-19-8-9-19)24-12-10-20(14-24)17-26-16-18-6-3-2-4-7-18/h2-4,6-7,19-20H,5,8-17H2,1H3,(H,22,23). The third-order valence-corrected chi connectivity index (χ3v) is 5.06. The Morgan fingerprint density at radius 3 is 2.69 bits per heavy atom. The first-order valence-electron chi connectivity index (χ1n) is 10.00. The summed E-state index contributed by atoms with van der Waals surface area (Å²) in [5.41, 5.74) is 1.24. The van der Waals surface area contributed by atoms with Gasteiger partial charge in [0.2, 0.25) is 0 Å². The molecule has 144 valence electrons. The normalized spacial score (nSPS) is 20.6. The van der Waals surface area contributed by atoms with Crippen LogP contribution in [0.15, 0.2) is 35.3 Å². The average Bonchev–Trinajstić information content (AvgIpc) is 3.39. The highest BCUT2D eigenvalue weighted by molar-refractivity contribution is 5.80. The Hall–Kier alpha value is -1.59. The van der Waals surface area contributed by atoms with Crippen LogP contribution in [0.2, 0.25) is 0 Å². The topological polar surface area (TPSA) is 46.1 Å². The Labute approximate surface area is 157 Å². The molecule has 0 amide bonds. The van der Waals surface area contributed by atoms with Gasteiger partial charge in [-0.15, -0.1) is 0 Å². The molecule has 3 rings (SSSR count). The molecule has 1 saturated heterocycles. The summed E-state index contributed by atoms with van der Waals surface area (Å²) in [5.74, 6) is 2.44. The minimum atomic E-state index is 0.583. The van der Waals surface area contributed by atoms with Crippen molar-refractivity contribution in [3.8, 4) is 0 Å². The molecule has 2 fully saturated rings. The van der Waals surface area contributed by atoms with Gasteiger partial charge in [-0.3, -0.25) is 4.99 Å². The van der Waals surface area contributed by atoms with E-state index in [0.29, 0.717) is 12.5 Å². The largest absolute Gasteiger partial charge is 0.381 e. The van der Waals surface area contributed by atoms with E-state index in [1.54, 1.807) is 0 Å². The van der Waals surface area contributed by atoms with Gasteiger partial charge in [0, 0.05) is 45.8 Å². The molecule has 1 unspecified atom stereocenters. The molecule has 0 radical (unpaired) electrons. The molecule has 2 aliphatic rings. The molecule has 5 nitrogen and oxygen atoms in total.